The van der Waals surface area contributed by atoms with E-state index in [0.29, 0.717) is 17.1 Å². The van der Waals surface area contributed by atoms with Crippen LogP contribution in [0.5, 0.6) is 11.5 Å². The van der Waals surface area contributed by atoms with E-state index in [1.807, 2.05) is 0 Å². The van der Waals surface area contributed by atoms with E-state index < -0.39 is 5.97 Å². The molecule has 0 atom stereocenters. The van der Waals surface area contributed by atoms with E-state index in [-0.39, 0.29) is 12.2 Å². The van der Waals surface area contributed by atoms with Gasteiger partial charge < -0.3 is 14.2 Å². The zero-order valence-electron chi connectivity index (χ0n) is 11.2. The molecule has 19 heavy (non-hydrogen) atoms. The second kappa shape index (κ2) is 7.12. The molecule has 1 aromatic carbocycles. The third-order valence-corrected chi connectivity index (χ3v) is 2.34. The second-order valence-electron chi connectivity index (χ2n) is 3.57. The third-order valence-electron chi connectivity index (χ3n) is 2.34. The predicted molar refractivity (Wildman–Crippen MR) is 73.0 cm³/mol. The van der Waals surface area contributed by atoms with Crippen LogP contribution >= 0.6 is 0 Å². The van der Waals surface area contributed by atoms with Gasteiger partial charge in [0.2, 0.25) is 0 Å². The molecule has 0 saturated heterocycles. The smallest absolute Gasteiger partial charge is 0.346 e. The Morgan fingerprint density at radius 2 is 1.84 bits per heavy atom. The number of ether oxygens (including phenoxy) is 3. The number of carbonyl (C=O) groups excluding carboxylic acids is 1. The summed E-state index contributed by atoms with van der Waals surface area (Å²) < 4.78 is 15.2. The fourth-order valence-corrected chi connectivity index (χ4v) is 1.45. The van der Waals surface area contributed by atoms with E-state index in [0.717, 1.165) is 0 Å². The monoisotopic (exact) mass is 260 g/mol. The predicted octanol–water partition coefficient (Wildman–Crippen LogP) is 2.28. The molecule has 0 amide bonds. The van der Waals surface area contributed by atoms with Gasteiger partial charge in [-0.25, -0.2) is 4.79 Å². The van der Waals surface area contributed by atoms with Gasteiger partial charge in [-0.1, -0.05) is 5.92 Å². The van der Waals surface area contributed by atoms with Crippen LogP contribution in [-0.4, -0.2) is 26.8 Å². The van der Waals surface area contributed by atoms with E-state index in [2.05, 4.69) is 5.92 Å². The van der Waals surface area contributed by atoms with Crippen LogP contribution in [0.1, 0.15) is 12.5 Å². The van der Waals surface area contributed by atoms with Crippen molar-refractivity contribution in [2.75, 3.05) is 20.8 Å². The Bertz CT molecular complexity index is 501. The Morgan fingerprint density at radius 3 is 2.26 bits per heavy atom. The summed E-state index contributed by atoms with van der Waals surface area (Å²) in [7, 11) is 3.10. The maximum absolute atomic E-state index is 11.6. The van der Waals surface area contributed by atoms with Gasteiger partial charge in [0.05, 0.1) is 20.8 Å². The summed E-state index contributed by atoms with van der Waals surface area (Å²) in [4.78, 5) is 11.6. The number of methoxy groups -OCH3 is 2. The van der Waals surface area contributed by atoms with Gasteiger partial charge in [-0.15, -0.1) is 6.42 Å². The molecule has 100 valence electrons. The van der Waals surface area contributed by atoms with Crippen LogP contribution in [0.2, 0.25) is 0 Å². The van der Waals surface area contributed by atoms with Crippen molar-refractivity contribution in [3.05, 3.63) is 29.3 Å². The van der Waals surface area contributed by atoms with Gasteiger partial charge in [-0.05, 0) is 30.7 Å². The molecule has 0 saturated carbocycles. The van der Waals surface area contributed by atoms with E-state index >= 15 is 0 Å². The van der Waals surface area contributed by atoms with Gasteiger partial charge in [-0.2, -0.15) is 0 Å². The Balaban J connectivity index is 3.14. The number of esters is 1. The molecule has 0 aliphatic carbocycles. The van der Waals surface area contributed by atoms with Crippen molar-refractivity contribution in [1.29, 1.82) is 0 Å². The molecule has 0 aliphatic rings. The fraction of sp³-hybridized carbons (Fsp3) is 0.267. The van der Waals surface area contributed by atoms with Crippen molar-refractivity contribution < 1.29 is 19.0 Å². The Labute approximate surface area is 113 Å². The number of hydrogen-bond donors (Lipinski definition) is 0. The lowest BCUT2D eigenvalue weighted by Gasteiger charge is -2.06. The second-order valence-corrected chi connectivity index (χ2v) is 3.57. The fourth-order valence-electron chi connectivity index (χ4n) is 1.45. The standard InChI is InChI=1S/C15H16O4/c1-5-12(15(16)19-6-2)7-11-8-13(17-3)10-14(9-11)18-4/h1,7-10H,6H2,2-4H3/b12-7+. The van der Waals surface area contributed by atoms with Crippen LogP contribution in [0.4, 0.5) is 0 Å². The van der Waals surface area contributed by atoms with Gasteiger partial charge in [0.1, 0.15) is 17.1 Å². The Hall–Kier alpha value is -2.41. The summed E-state index contributed by atoms with van der Waals surface area (Å²) in [6.07, 6.45) is 6.87. The molecule has 0 N–H and O–H groups in total. The highest BCUT2D eigenvalue weighted by atomic mass is 16.5. The van der Waals surface area contributed by atoms with Crippen molar-refractivity contribution in [3.8, 4) is 23.8 Å². The summed E-state index contributed by atoms with van der Waals surface area (Å²) in [5.41, 5.74) is 0.856. The van der Waals surface area contributed by atoms with Gasteiger partial charge in [-0.3, -0.25) is 0 Å². The van der Waals surface area contributed by atoms with Gasteiger partial charge in [0.15, 0.2) is 0 Å². The molecular weight excluding hydrogens is 244 g/mol. The van der Waals surface area contributed by atoms with Crippen molar-refractivity contribution in [1.82, 2.24) is 0 Å². The zero-order chi connectivity index (χ0) is 14.3. The lowest BCUT2D eigenvalue weighted by molar-refractivity contribution is -0.137. The summed E-state index contributed by atoms with van der Waals surface area (Å²) in [6, 6.07) is 5.23. The van der Waals surface area contributed by atoms with Crippen molar-refractivity contribution in [2.45, 2.75) is 6.92 Å². The molecule has 0 heterocycles. The summed E-state index contributed by atoms with van der Waals surface area (Å²) in [5, 5.41) is 0. The molecule has 0 bridgehead atoms. The molecule has 4 heteroatoms. The number of hydrogen-bond acceptors (Lipinski definition) is 4. The number of terminal acetylenes is 1. The molecule has 4 nitrogen and oxygen atoms in total. The molecule has 0 radical (unpaired) electrons. The lowest BCUT2D eigenvalue weighted by atomic mass is 10.1. The average Bonchev–Trinajstić information content (AvgIpc) is 2.44. The van der Waals surface area contributed by atoms with E-state index in [4.69, 9.17) is 20.6 Å². The summed E-state index contributed by atoms with van der Waals surface area (Å²) in [6.45, 7) is 2.00. The molecule has 0 aliphatic heterocycles. The molecule has 0 fully saturated rings. The van der Waals surface area contributed by atoms with Crippen LogP contribution in [-0.2, 0) is 9.53 Å². The van der Waals surface area contributed by atoms with Gasteiger partial charge >= 0.3 is 5.97 Å². The van der Waals surface area contributed by atoms with Crippen LogP contribution in [0.15, 0.2) is 23.8 Å². The topological polar surface area (TPSA) is 44.8 Å². The largest absolute Gasteiger partial charge is 0.497 e. The third kappa shape index (κ3) is 4.07. The highest BCUT2D eigenvalue weighted by Gasteiger charge is 2.08. The SMILES string of the molecule is C#C/C(=C\c1cc(OC)cc(OC)c1)C(=O)OCC. The van der Waals surface area contributed by atoms with E-state index in [1.54, 1.807) is 45.4 Å². The van der Waals surface area contributed by atoms with Crippen molar-refractivity contribution >= 4 is 12.0 Å². The highest BCUT2D eigenvalue weighted by Crippen LogP contribution is 2.24. The zero-order valence-corrected chi connectivity index (χ0v) is 11.2. The molecule has 0 aromatic heterocycles. The molecule has 1 rings (SSSR count). The van der Waals surface area contributed by atoms with Crippen LogP contribution in [0, 0.1) is 12.3 Å². The number of rotatable bonds is 5. The minimum absolute atomic E-state index is 0.150. The minimum atomic E-state index is -0.521. The normalized spacial score (nSPS) is 10.5. The number of benzene rings is 1. The van der Waals surface area contributed by atoms with Crippen molar-refractivity contribution in [2.24, 2.45) is 0 Å². The van der Waals surface area contributed by atoms with Crippen LogP contribution < -0.4 is 9.47 Å². The maximum atomic E-state index is 11.6. The Morgan fingerprint density at radius 1 is 1.26 bits per heavy atom. The van der Waals surface area contributed by atoms with Crippen LogP contribution in [0.3, 0.4) is 0 Å². The van der Waals surface area contributed by atoms with E-state index in [9.17, 15) is 4.79 Å². The van der Waals surface area contributed by atoms with Crippen LogP contribution in [0.25, 0.3) is 6.08 Å². The van der Waals surface area contributed by atoms with Gasteiger partial charge in [0.25, 0.3) is 0 Å². The number of carbonyl (C=O) groups is 1. The maximum Gasteiger partial charge on any atom is 0.346 e. The van der Waals surface area contributed by atoms with Gasteiger partial charge in [0, 0.05) is 6.07 Å². The average molecular weight is 260 g/mol. The molecule has 0 spiro atoms. The summed E-state index contributed by atoms with van der Waals surface area (Å²) in [5.74, 6) is 3.03. The highest BCUT2D eigenvalue weighted by molar-refractivity contribution is 5.98. The lowest BCUT2D eigenvalue weighted by Crippen LogP contribution is -2.06. The summed E-state index contributed by atoms with van der Waals surface area (Å²) >= 11 is 0. The quantitative estimate of drug-likeness (QED) is 0.463. The first kappa shape index (κ1) is 14.7. The molecule has 0 unspecified atom stereocenters. The Kier molecular flexibility index (Phi) is 5.49. The molecular formula is C15H16O4. The first-order chi connectivity index (χ1) is 9.14. The molecule has 1 aromatic rings. The first-order valence-corrected chi connectivity index (χ1v) is 5.73. The minimum Gasteiger partial charge on any atom is -0.497 e. The van der Waals surface area contributed by atoms with Crippen molar-refractivity contribution in [3.63, 3.8) is 0 Å². The van der Waals surface area contributed by atoms with E-state index in [1.165, 1.54) is 0 Å². The first-order valence-electron chi connectivity index (χ1n) is 5.73.